The van der Waals surface area contributed by atoms with Crippen LogP contribution in [0.25, 0.3) is 11.1 Å². The quantitative estimate of drug-likeness (QED) is 0.810. The van der Waals surface area contributed by atoms with Crippen molar-refractivity contribution >= 4 is 22.6 Å². The number of rotatable bonds is 4. The second-order valence-electron chi connectivity index (χ2n) is 8.54. The van der Waals surface area contributed by atoms with Gasteiger partial charge in [-0.3, -0.25) is 9.78 Å². The monoisotopic (exact) mass is 417 g/mol. The number of pyridine rings is 1. The number of aromatic nitrogens is 1. The van der Waals surface area contributed by atoms with Crippen molar-refractivity contribution in [2.24, 2.45) is 0 Å². The summed E-state index contributed by atoms with van der Waals surface area (Å²) in [6.07, 6.45) is 4.42. The first kappa shape index (κ1) is 21.6. The van der Waals surface area contributed by atoms with Crippen LogP contribution >= 0.6 is 0 Å². The maximum atomic E-state index is 15.0. The predicted molar refractivity (Wildman–Crippen MR) is 116 cm³/mol. The average molecular weight is 418 g/mol. The lowest BCUT2D eigenvalue weighted by Gasteiger charge is -2.27. The Bertz CT molecular complexity index is 985. The van der Waals surface area contributed by atoms with Crippen LogP contribution in [0.4, 0.5) is 10.1 Å². The molecular formula is C22H28FN3O2S. The van der Waals surface area contributed by atoms with Gasteiger partial charge in [0.05, 0.1) is 15.7 Å². The number of hydrogen-bond acceptors (Lipinski definition) is 3. The topological polar surface area (TPSA) is 62.3 Å². The summed E-state index contributed by atoms with van der Waals surface area (Å²) in [5.74, 6) is -0.387. The van der Waals surface area contributed by atoms with Crippen molar-refractivity contribution in [3.63, 3.8) is 0 Å². The highest BCUT2D eigenvalue weighted by molar-refractivity contribution is 7.84. The zero-order valence-electron chi connectivity index (χ0n) is 17.8. The van der Waals surface area contributed by atoms with Crippen molar-refractivity contribution in [2.75, 3.05) is 11.9 Å². The van der Waals surface area contributed by atoms with Crippen molar-refractivity contribution in [1.82, 2.24) is 9.71 Å². The third-order valence-corrected chi connectivity index (χ3v) is 7.04. The summed E-state index contributed by atoms with van der Waals surface area (Å²) in [7, 11) is 0.446. The summed E-state index contributed by atoms with van der Waals surface area (Å²) in [6.45, 7) is 9.60. The van der Waals surface area contributed by atoms with Gasteiger partial charge in [-0.05, 0) is 69.9 Å². The number of carbonyl (C=O) groups excluding carboxylic acids is 1. The van der Waals surface area contributed by atoms with Crippen molar-refractivity contribution in [1.29, 1.82) is 0 Å². The molecule has 1 amide bonds. The molecule has 156 valence electrons. The fraction of sp³-hybridized carbons (Fsp3) is 0.455. The number of nitrogens with one attached hydrogen (secondary N) is 1. The van der Waals surface area contributed by atoms with Gasteiger partial charge in [-0.1, -0.05) is 0 Å². The van der Waals surface area contributed by atoms with Gasteiger partial charge in [0.2, 0.25) is 5.91 Å². The summed E-state index contributed by atoms with van der Waals surface area (Å²) >= 11 is 0. The number of fused-ring (bicyclic) bond motifs is 1. The Hall–Kier alpha value is -2.12. The summed E-state index contributed by atoms with van der Waals surface area (Å²) in [6, 6.07) is 3.06. The molecule has 7 heteroatoms. The normalized spacial score (nSPS) is 16.5. The minimum atomic E-state index is -1.23. The lowest BCUT2D eigenvalue weighted by molar-refractivity contribution is -0.118. The molecule has 0 fully saturated rings. The zero-order chi connectivity index (χ0) is 21.5. The Morgan fingerprint density at radius 1 is 1.21 bits per heavy atom. The van der Waals surface area contributed by atoms with Crippen LogP contribution in [0.2, 0.25) is 0 Å². The molecule has 5 nitrogen and oxygen atoms in total. The summed E-state index contributed by atoms with van der Waals surface area (Å²) in [5, 5.41) is 0. The molecule has 0 bridgehead atoms. The van der Waals surface area contributed by atoms with Crippen LogP contribution in [0.3, 0.4) is 0 Å². The van der Waals surface area contributed by atoms with Gasteiger partial charge in [0.25, 0.3) is 0 Å². The van der Waals surface area contributed by atoms with Gasteiger partial charge >= 0.3 is 0 Å². The number of amides is 1. The van der Waals surface area contributed by atoms with Crippen LogP contribution in [-0.4, -0.2) is 26.9 Å². The van der Waals surface area contributed by atoms with Gasteiger partial charge in [-0.15, -0.1) is 0 Å². The highest BCUT2D eigenvalue weighted by atomic mass is 32.2. The highest BCUT2D eigenvalue weighted by Gasteiger charge is 2.25. The molecule has 0 radical (unpaired) electrons. The molecule has 0 saturated carbocycles. The Kier molecular flexibility index (Phi) is 5.92. The average Bonchev–Trinajstić information content (AvgIpc) is 2.64. The van der Waals surface area contributed by atoms with Crippen molar-refractivity contribution in [2.45, 2.75) is 58.2 Å². The van der Waals surface area contributed by atoms with E-state index in [4.69, 9.17) is 0 Å². The van der Waals surface area contributed by atoms with Gasteiger partial charge < -0.3 is 4.90 Å². The lowest BCUT2D eigenvalue weighted by atomic mass is 9.92. The first-order valence-electron chi connectivity index (χ1n) is 9.72. The Balaban J connectivity index is 2.00. The Morgan fingerprint density at radius 3 is 2.55 bits per heavy atom. The van der Waals surface area contributed by atoms with Gasteiger partial charge in [0, 0.05) is 48.7 Å². The molecule has 1 aliphatic rings. The maximum absolute atomic E-state index is 15.0. The predicted octanol–water partition coefficient (Wildman–Crippen LogP) is 4.22. The highest BCUT2D eigenvalue weighted by Crippen LogP contribution is 2.36. The van der Waals surface area contributed by atoms with Crippen LogP contribution < -0.4 is 9.62 Å². The zero-order valence-corrected chi connectivity index (χ0v) is 18.6. The van der Waals surface area contributed by atoms with Crippen molar-refractivity contribution in [3.05, 3.63) is 47.0 Å². The molecule has 2 unspecified atom stereocenters. The maximum Gasteiger partial charge on any atom is 0.227 e. The van der Waals surface area contributed by atoms with E-state index in [1.54, 1.807) is 19.4 Å². The van der Waals surface area contributed by atoms with Crippen LogP contribution in [0.15, 0.2) is 24.5 Å². The van der Waals surface area contributed by atoms with E-state index in [0.29, 0.717) is 29.7 Å². The summed E-state index contributed by atoms with van der Waals surface area (Å²) < 4.78 is 30.2. The molecule has 1 aliphatic heterocycles. The largest absolute Gasteiger partial charge is 0.315 e. The van der Waals surface area contributed by atoms with Crippen LogP contribution in [-0.2, 0) is 22.2 Å². The van der Waals surface area contributed by atoms with E-state index in [1.165, 1.54) is 11.0 Å². The molecule has 2 atom stereocenters. The number of anilines is 1. The van der Waals surface area contributed by atoms with E-state index in [9.17, 15) is 9.00 Å². The van der Waals surface area contributed by atoms with Crippen molar-refractivity contribution in [3.8, 4) is 11.1 Å². The number of halogens is 1. The summed E-state index contributed by atoms with van der Waals surface area (Å²) in [5.41, 5.74) is 4.53. The van der Waals surface area contributed by atoms with Gasteiger partial charge in [-0.25, -0.2) is 13.3 Å². The Morgan fingerprint density at radius 2 is 1.90 bits per heavy atom. The molecule has 0 spiro atoms. The SMILES string of the molecule is Cc1c(-c2cc3c(cc2F)N(C)C(=O)CC3)cncc1C(C)NS(=O)C(C)(C)C. The number of hydrogen-bond donors (Lipinski definition) is 1. The molecular weight excluding hydrogens is 389 g/mol. The molecule has 0 saturated heterocycles. The standard InChI is InChI=1S/C22H28FN3O2S/c1-13-17(14(2)25-29(28)22(3,4)5)11-24-12-18(13)16-9-15-7-8-21(27)26(6)20(15)10-19(16)23/h9-12,14,25H,7-8H2,1-6H3. The van der Waals surface area contributed by atoms with Gasteiger partial charge in [0.1, 0.15) is 5.82 Å². The fourth-order valence-corrected chi connectivity index (χ4v) is 4.32. The van der Waals surface area contributed by atoms with Gasteiger partial charge in [-0.2, -0.15) is 0 Å². The van der Waals surface area contributed by atoms with Crippen LogP contribution in [0.1, 0.15) is 56.8 Å². The molecule has 1 aromatic heterocycles. The van der Waals surface area contributed by atoms with E-state index in [-0.39, 0.29) is 22.5 Å². The molecule has 2 heterocycles. The number of carbonyl (C=O) groups is 1. The second kappa shape index (κ2) is 7.95. The van der Waals surface area contributed by atoms with Gasteiger partial charge in [0.15, 0.2) is 0 Å². The molecule has 3 rings (SSSR count). The second-order valence-corrected chi connectivity index (χ2v) is 10.5. The van der Waals surface area contributed by atoms with Crippen molar-refractivity contribution < 1.29 is 13.4 Å². The van der Waals surface area contributed by atoms with E-state index in [0.717, 1.165) is 16.7 Å². The van der Waals surface area contributed by atoms with E-state index in [2.05, 4.69) is 9.71 Å². The molecule has 2 aromatic rings. The first-order chi connectivity index (χ1) is 13.5. The minimum absolute atomic E-state index is 0.00348. The smallest absolute Gasteiger partial charge is 0.227 e. The fourth-order valence-electron chi connectivity index (χ4n) is 3.52. The minimum Gasteiger partial charge on any atom is -0.315 e. The molecule has 29 heavy (non-hydrogen) atoms. The lowest BCUT2D eigenvalue weighted by Crippen LogP contribution is -2.35. The third-order valence-electron chi connectivity index (χ3n) is 5.36. The van der Waals surface area contributed by atoms with E-state index < -0.39 is 11.0 Å². The number of aryl methyl sites for hydroxylation is 1. The Labute approximate surface area is 174 Å². The third kappa shape index (κ3) is 4.26. The first-order valence-corrected chi connectivity index (χ1v) is 10.9. The summed E-state index contributed by atoms with van der Waals surface area (Å²) in [4.78, 5) is 17.8. The molecule has 1 aromatic carbocycles. The molecule has 1 N–H and O–H groups in total. The molecule has 0 aliphatic carbocycles. The van der Waals surface area contributed by atoms with Crippen LogP contribution in [0.5, 0.6) is 0 Å². The van der Waals surface area contributed by atoms with Crippen LogP contribution in [0, 0.1) is 12.7 Å². The number of nitrogens with zero attached hydrogens (tertiary/aromatic N) is 2. The number of benzene rings is 1. The van der Waals surface area contributed by atoms with E-state index in [1.807, 2.05) is 40.7 Å². The van der Waals surface area contributed by atoms with E-state index >= 15 is 4.39 Å².